The van der Waals surface area contributed by atoms with E-state index in [-0.39, 0.29) is 30.6 Å². The lowest BCUT2D eigenvalue weighted by molar-refractivity contribution is -0.134. The quantitative estimate of drug-likeness (QED) is 0.560. The molecule has 0 bridgehead atoms. The highest BCUT2D eigenvalue weighted by molar-refractivity contribution is 5.88. The Morgan fingerprint density at radius 1 is 1.33 bits per heavy atom. The maximum absolute atomic E-state index is 14.3. The van der Waals surface area contributed by atoms with Crippen molar-refractivity contribution in [2.24, 2.45) is 0 Å². The van der Waals surface area contributed by atoms with Gasteiger partial charge < -0.3 is 20.1 Å². The van der Waals surface area contributed by atoms with E-state index >= 15 is 0 Å². The number of halogens is 1. The zero-order valence-electron chi connectivity index (χ0n) is 17.5. The predicted molar refractivity (Wildman–Crippen MR) is 110 cm³/mol. The van der Waals surface area contributed by atoms with Crippen LogP contribution in [0.25, 0.3) is 0 Å². The van der Waals surface area contributed by atoms with Gasteiger partial charge in [-0.2, -0.15) is 0 Å². The fourth-order valence-electron chi connectivity index (χ4n) is 3.78. The lowest BCUT2D eigenvalue weighted by Crippen LogP contribution is -2.56. The molecule has 2 heterocycles. The first kappa shape index (κ1) is 22.5. The van der Waals surface area contributed by atoms with Crippen molar-refractivity contribution < 1.29 is 23.5 Å². The summed E-state index contributed by atoms with van der Waals surface area (Å²) in [5.74, 6) is -0.301. The first-order chi connectivity index (χ1) is 14.6. The predicted octanol–water partition coefficient (Wildman–Crippen LogP) is 0.363. The Labute approximate surface area is 176 Å². The number of nitrogens with zero attached hydrogens (tertiary/aromatic N) is 2. The van der Waals surface area contributed by atoms with Crippen molar-refractivity contribution in [1.82, 2.24) is 20.4 Å². The summed E-state index contributed by atoms with van der Waals surface area (Å²) in [5, 5.41) is 5.71. The van der Waals surface area contributed by atoms with E-state index < -0.39 is 6.04 Å². The van der Waals surface area contributed by atoms with E-state index in [2.05, 4.69) is 15.5 Å². The summed E-state index contributed by atoms with van der Waals surface area (Å²) < 4.78 is 24.7. The molecular weight excluding hydrogens is 391 g/mol. The molecule has 1 unspecified atom stereocenters. The minimum absolute atomic E-state index is 0.0567. The Balaban J connectivity index is 1.49. The second-order valence-corrected chi connectivity index (χ2v) is 7.60. The van der Waals surface area contributed by atoms with Crippen LogP contribution in [0.2, 0.25) is 0 Å². The highest BCUT2D eigenvalue weighted by Gasteiger charge is 2.32. The average molecular weight is 423 g/mol. The number of nitrogens with one attached hydrogen (secondary N) is 2. The van der Waals surface area contributed by atoms with Gasteiger partial charge in [-0.1, -0.05) is 6.07 Å². The molecule has 8 nitrogen and oxygen atoms in total. The van der Waals surface area contributed by atoms with Gasteiger partial charge in [-0.25, -0.2) is 4.39 Å². The van der Waals surface area contributed by atoms with E-state index in [1.807, 2.05) is 4.90 Å². The van der Waals surface area contributed by atoms with E-state index in [9.17, 15) is 14.0 Å². The van der Waals surface area contributed by atoms with Crippen molar-refractivity contribution in [3.63, 3.8) is 0 Å². The van der Waals surface area contributed by atoms with E-state index in [0.717, 1.165) is 39.3 Å². The molecular formula is C21H31FN4O4. The van der Waals surface area contributed by atoms with Gasteiger partial charge in [0.1, 0.15) is 11.6 Å². The first-order valence-electron chi connectivity index (χ1n) is 10.5. The standard InChI is InChI=1S/C21H31FN4O4/c1-29-17-4-3-16(18(22)13-17)15-26-8-6-24-21(28)19(26)14-20(27)23-5-2-7-25-9-11-30-12-10-25/h3-4,13,19H,2,5-12,14-15H2,1H3,(H,23,27)(H,24,28). The Kier molecular flexibility index (Phi) is 8.41. The Hall–Kier alpha value is -2.23. The van der Waals surface area contributed by atoms with Gasteiger partial charge in [0.25, 0.3) is 0 Å². The number of carbonyl (C=O) groups is 2. The Morgan fingerprint density at radius 2 is 2.13 bits per heavy atom. The Bertz CT molecular complexity index is 727. The number of morpholine rings is 1. The number of methoxy groups -OCH3 is 1. The van der Waals surface area contributed by atoms with Crippen molar-refractivity contribution in [2.75, 3.05) is 59.6 Å². The van der Waals surface area contributed by atoms with Crippen LogP contribution in [0.5, 0.6) is 5.75 Å². The molecule has 0 aliphatic carbocycles. The summed E-state index contributed by atoms with van der Waals surface area (Å²) in [6, 6.07) is 4.07. The largest absolute Gasteiger partial charge is 0.497 e. The molecule has 0 aromatic heterocycles. The van der Waals surface area contributed by atoms with Crippen molar-refractivity contribution in [2.45, 2.75) is 25.4 Å². The van der Waals surface area contributed by atoms with Crippen molar-refractivity contribution in [3.05, 3.63) is 29.6 Å². The SMILES string of the molecule is COc1ccc(CN2CCNC(=O)C2CC(=O)NCCCN2CCOCC2)c(F)c1. The molecule has 0 radical (unpaired) electrons. The maximum Gasteiger partial charge on any atom is 0.237 e. The van der Waals surface area contributed by atoms with E-state index in [1.54, 1.807) is 12.1 Å². The molecule has 1 atom stereocenters. The summed E-state index contributed by atoms with van der Waals surface area (Å²) in [6.45, 7) is 6.15. The monoisotopic (exact) mass is 422 g/mol. The highest BCUT2D eigenvalue weighted by atomic mass is 19.1. The molecule has 2 aliphatic heterocycles. The molecule has 0 saturated carbocycles. The minimum atomic E-state index is -0.612. The first-order valence-corrected chi connectivity index (χ1v) is 10.5. The number of amides is 2. The lowest BCUT2D eigenvalue weighted by atomic mass is 10.1. The third kappa shape index (κ3) is 6.38. The van der Waals surface area contributed by atoms with E-state index in [0.29, 0.717) is 30.9 Å². The van der Waals surface area contributed by atoms with Gasteiger partial charge in [-0.05, 0) is 19.0 Å². The summed E-state index contributed by atoms with van der Waals surface area (Å²) in [7, 11) is 1.49. The number of hydrogen-bond donors (Lipinski definition) is 2. The number of piperazine rings is 1. The molecule has 2 aliphatic rings. The van der Waals surface area contributed by atoms with Crippen LogP contribution in [0.15, 0.2) is 18.2 Å². The molecule has 2 fully saturated rings. The van der Waals surface area contributed by atoms with Crippen LogP contribution in [0.1, 0.15) is 18.4 Å². The Morgan fingerprint density at radius 3 is 2.87 bits per heavy atom. The number of hydrogen-bond acceptors (Lipinski definition) is 6. The molecule has 1 aromatic carbocycles. The van der Waals surface area contributed by atoms with Gasteiger partial charge >= 0.3 is 0 Å². The summed E-state index contributed by atoms with van der Waals surface area (Å²) in [4.78, 5) is 29.0. The summed E-state index contributed by atoms with van der Waals surface area (Å²) >= 11 is 0. The highest BCUT2D eigenvalue weighted by Crippen LogP contribution is 2.20. The van der Waals surface area contributed by atoms with Gasteiger partial charge in [0.2, 0.25) is 11.8 Å². The fourth-order valence-corrected chi connectivity index (χ4v) is 3.78. The smallest absolute Gasteiger partial charge is 0.237 e. The molecule has 9 heteroatoms. The van der Waals surface area contributed by atoms with E-state index in [4.69, 9.17) is 9.47 Å². The third-order valence-electron chi connectivity index (χ3n) is 5.53. The summed E-state index contributed by atoms with van der Waals surface area (Å²) in [6.07, 6.45) is 0.907. The second-order valence-electron chi connectivity index (χ2n) is 7.60. The minimum Gasteiger partial charge on any atom is -0.497 e. The van der Waals surface area contributed by atoms with Gasteiger partial charge in [0.05, 0.1) is 32.8 Å². The molecule has 2 N–H and O–H groups in total. The molecule has 166 valence electrons. The van der Waals surface area contributed by atoms with Gasteiger partial charge in [-0.15, -0.1) is 0 Å². The summed E-state index contributed by atoms with van der Waals surface area (Å²) in [5.41, 5.74) is 0.474. The van der Waals surface area contributed by atoms with Crippen molar-refractivity contribution in [3.8, 4) is 5.75 Å². The van der Waals surface area contributed by atoms with Crippen LogP contribution in [-0.4, -0.2) is 87.2 Å². The number of benzene rings is 1. The van der Waals surface area contributed by atoms with Crippen LogP contribution >= 0.6 is 0 Å². The molecule has 30 heavy (non-hydrogen) atoms. The van der Waals surface area contributed by atoms with Crippen LogP contribution < -0.4 is 15.4 Å². The van der Waals surface area contributed by atoms with Crippen LogP contribution in [0.3, 0.4) is 0 Å². The zero-order chi connectivity index (χ0) is 21.3. The van der Waals surface area contributed by atoms with Crippen LogP contribution in [-0.2, 0) is 20.9 Å². The normalized spacial score (nSPS) is 20.6. The molecule has 2 amide bonds. The molecule has 3 rings (SSSR count). The number of rotatable bonds is 9. The maximum atomic E-state index is 14.3. The van der Waals surface area contributed by atoms with Crippen molar-refractivity contribution >= 4 is 11.8 Å². The molecule has 2 saturated heterocycles. The fraction of sp³-hybridized carbons (Fsp3) is 0.619. The molecule has 1 aromatic rings. The molecule has 0 spiro atoms. The van der Waals surface area contributed by atoms with Crippen LogP contribution in [0, 0.1) is 5.82 Å². The second kappa shape index (κ2) is 11.2. The third-order valence-corrected chi connectivity index (χ3v) is 5.53. The lowest BCUT2D eigenvalue weighted by Gasteiger charge is -2.34. The van der Waals surface area contributed by atoms with Crippen molar-refractivity contribution in [1.29, 1.82) is 0 Å². The number of carbonyl (C=O) groups excluding carboxylic acids is 2. The zero-order valence-corrected chi connectivity index (χ0v) is 17.5. The van der Waals surface area contributed by atoms with Gasteiger partial charge in [0, 0.05) is 50.9 Å². The van der Waals surface area contributed by atoms with Crippen LogP contribution in [0.4, 0.5) is 4.39 Å². The average Bonchev–Trinajstić information content (AvgIpc) is 2.75. The number of ether oxygens (including phenoxy) is 2. The van der Waals surface area contributed by atoms with E-state index in [1.165, 1.54) is 13.2 Å². The van der Waals surface area contributed by atoms with Gasteiger partial charge in [0.15, 0.2) is 0 Å². The van der Waals surface area contributed by atoms with Gasteiger partial charge in [-0.3, -0.25) is 19.4 Å². The topological polar surface area (TPSA) is 83.1 Å².